The van der Waals surface area contributed by atoms with Gasteiger partial charge in [0.2, 0.25) is 0 Å². The molecule has 0 radical (unpaired) electrons. The molecule has 1 N–H and O–H groups in total. The van der Waals surface area contributed by atoms with Gasteiger partial charge in [-0.15, -0.1) is 5.10 Å². The maximum absolute atomic E-state index is 11.2. The molecule has 2 aromatic carbocycles. The Morgan fingerprint density at radius 1 is 1.00 bits per heavy atom. The Hall–Kier alpha value is -2.46. The molecule has 0 aliphatic heterocycles. The van der Waals surface area contributed by atoms with Crippen molar-refractivity contribution in [3.8, 4) is 5.69 Å². The van der Waals surface area contributed by atoms with E-state index in [1.807, 2.05) is 48.5 Å². The quantitative estimate of drug-likeness (QED) is 0.782. The van der Waals surface area contributed by atoms with Gasteiger partial charge >= 0.3 is 0 Å². The molecule has 0 saturated carbocycles. The van der Waals surface area contributed by atoms with Crippen LogP contribution in [0.5, 0.6) is 0 Å². The van der Waals surface area contributed by atoms with Crippen molar-refractivity contribution < 1.29 is 5.11 Å². The van der Waals surface area contributed by atoms with Crippen LogP contribution in [0.3, 0.4) is 0 Å². The number of rotatable bonds is 2. The van der Waals surface area contributed by atoms with Gasteiger partial charge in [-0.25, -0.2) is 4.68 Å². The van der Waals surface area contributed by atoms with E-state index >= 15 is 0 Å². The topological polar surface area (TPSA) is 50.9 Å². The van der Waals surface area contributed by atoms with E-state index in [1.54, 1.807) is 10.9 Å². The van der Waals surface area contributed by atoms with Crippen LogP contribution in [0.4, 0.5) is 0 Å². The van der Waals surface area contributed by atoms with Crippen LogP contribution < -0.4 is 0 Å². The van der Waals surface area contributed by atoms with Crippen LogP contribution in [0.25, 0.3) is 5.69 Å². The number of hydrogen-bond donors (Lipinski definition) is 1. The minimum atomic E-state index is -1.02. The van der Waals surface area contributed by atoms with E-state index < -0.39 is 5.60 Å². The molecule has 0 saturated heterocycles. The number of para-hydroxylation sites is 1. The lowest BCUT2D eigenvalue weighted by atomic mass is 9.92. The number of aliphatic hydroxyl groups is 1. The first-order valence-electron chi connectivity index (χ1n) is 7.06. The first kappa shape index (κ1) is 12.3. The lowest BCUT2D eigenvalue weighted by Gasteiger charge is -2.24. The van der Waals surface area contributed by atoms with Crippen molar-refractivity contribution in [2.75, 3.05) is 0 Å². The maximum atomic E-state index is 11.2. The molecule has 104 valence electrons. The summed E-state index contributed by atoms with van der Waals surface area (Å²) in [4.78, 5) is 0. The molecule has 1 aromatic heterocycles. The highest BCUT2D eigenvalue weighted by Gasteiger charge is 2.41. The van der Waals surface area contributed by atoms with E-state index in [0.29, 0.717) is 6.42 Å². The van der Waals surface area contributed by atoms with Gasteiger partial charge in [0.25, 0.3) is 0 Å². The Kier molecular flexibility index (Phi) is 2.65. The second kappa shape index (κ2) is 4.53. The Morgan fingerprint density at radius 3 is 2.62 bits per heavy atom. The summed E-state index contributed by atoms with van der Waals surface area (Å²) in [6.07, 6.45) is 3.19. The number of fused-ring (bicyclic) bond motifs is 1. The van der Waals surface area contributed by atoms with Crippen molar-refractivity contribution >= 4 is 0 Å². The van der Waals surface area contributed by atoms with Crippen molar-refractivity contribution in [3.63, 3.8) is 0 Å². The van der Waals surface area contributed by atoms with Crippen LogP contribution in [-0.4, -0.2) is 20.1 Å². The highest BCUT2D eigenvalue weighted by Crippen LogP contribution is 2.41. The summed E-state index contributed by atoms with van der Waals surface area (Å²) in [7, 11) is 0. The second-order valence-electron chi connectivity index (χ2n) is 5.38. The lowest BCUT2D eigenvalue weighted by Crippen LogP contribution is -2.27. The average Bonchev–Trinajstić information content (AvgIpc) is 3.15. The Labute approximate surface area is 122 Å². The van der Waals surface area contributed by atoms with Crippen molar-refractivity contribution in [2.24, 2.45) is 0 Å². The summed E-state index contributed by atoms with van der Waals surface area (Å²) in [6.45, 7) is 0. The first-order chi connectivity index (χ1) is 10.3. The molecule has 1 aliphatic carbocycles. The molecule has 4 nitrogen and oxygen atoms in total. The van der Waals surface area contributed by atoms with Crippen molar-refractivity contribution in [1.29, 1.82) is 0 Å². The van der Waals surface area contributed by atoms with E-state index in [4.69, 9.17) is 0 Å². The summed E-state index contributed by atoms with van der Waals surface area (Å²) in [5.74, 6) is 0. The fraction of sp³-hybridized carbons (Fsp3) is 0.176. The van der Waals surface area contributed by atoms with Crippen LogP contribution in [0.15, 0.2) is 60.8 Å². The Bertz CT molecular complexity index is 781. The van der Waals surface area contributed by atoms with Crippen LogP contribution in [0.2, 0.25) is 0 Å². The second-order valence-corrected chi connectivity index (χ2v) is 5.38. The molecule has 0 spiro atoms. The van der Waals surface area contributed by atoms with E-state index in [0.717, 1.165) is 23.4 Å². The fourth-order valence-electron chi connectivity index (χ4n) is 3.13. The van der Waals surface area contributed by atoms with E-state index in [-0.39, 0.29) is 0 Å². The van der Waals surface area contributed by atoms with Gasteiger partial charge in [0.1, 0.15) is 11.3 Å². The van der Waals surface area contributed by atoms with Gasteiger partial charge in [0.15, 0.2) is 0 Å². The third-order valence-electron chi connectivity index (χ3n) is 4.19. The van der Waals surface area contributed by atoms with E-state index in [1.165, 1.54) is 5.56 Å². The molecule has 1 unspecified atom stereocenters. The maximum Gasteiger partial charge on any atom is 0.134 e. The highest BCUT2D eigenvalue weighted by atomic mass is 16.3. The number of aryl methyl sites for hydroxylation is 1. The molecule has 3 aromatic rings. The summed E-state index contributed by atoms with van der Waals surface area (Å²) in [5.41, 5.74) is 2.77. The molecule has 1 atom stereocenters. The van der Waals surface area contributed by atoms with Gasteiger partial charge in [-0.3, -0.25) is 0 Å². The minimum Gasteiger partial charge on any atom is -0.379 e. The highest BCUT2D eigenvalue weighted by molar-refractivity contribution is 5.44. The summed E-state index contributed by atoms with van der Waals surface area (Å²) >= 11 is 0. The van der Waals surface area contributed by atoms with Gasteiger partial charge in [-0.2, -0.15) is 0 Å². The third kappa shape index (κ3) is 1.80. The van der Waals surface area contributed by atoms with Gasteiger partial charge in [-0.1, -0.05) is 47.7 Å². The fourth-order valence-corrected chi connectivity index (χ4v) is 3.13. The molecule has 4 rings (SSSR count). The summed E-state index contributed by atoms with van der Waals surface area (Å²) in [5, 5.41) is 19.4. The normalized spacial score (nSPS) is 20.4. The molecular weight excluding hydrogens is 262 g/mol. The standard InChI is InChI=1S/C17H15N3O/c21-17(11-10-13-6-4-5-9-15(13)17)16-12-18-19-20(16)14-7-2-1-3-8-14/h1-9,12,21H,10-11H2. The third-order valence-corrected chi connectivity index (χ3v) is 4.19. The molecular formula is C17H15N3O. The number of benzene rings is 2. The molecule has 0 amide bonds. The molecule has 4 heteroatoms. The smallest absolute Gasteiger partial charge is 0.134 e. The van der Waals surface area contributed by atoms with Crippen LogP contribution in [-0.2, 0) is 12.0 Å². The van der Waals surface area contributed by atoms with Crippen molar-refractivity contribution in [1.82, 2.24) is 15.0 Å². The monoisotopic (exact) mass is 277 g/mol. The minimum absolute atomic E-state index is 0.659. The molecule has 21 heavy (non-hydrogen) atoms. The zero-order chi connectivity index (χ0) is 14.3. The molecule has 0 fully saturated rings. The molecule has 1 heterocycles. The van der Waals surface area contributed by atoms with E-state index in [2.05, 4.69) is 16.4 Å². The van der Waals surface area contributed by atoms with Gasteiger partial charge in [0.05, 0.1) is 11.9 Å². The Morgan fingerprint density at radius 2 is 1.76 bits per heavy atom. The van der Waals surface area contributed by atoms with Crippen LogP contribution in [0, 0.1) is 0 Å². The summed E-state index contributed by atoms with van der Waals surface area (Å²) in [6, 6.07) is 17.8. The van der Waals surface area contributed by atoms with Gasteiger partial charge < -0.3 is 5.11 Å². The van der Waals surface area contributed by atoms with Crippen molar-refractivity contribution in [2.45, 2.75) is 18.4 Å². The number of hydrogen-bond acceptors (Lipinski definition) is 3. The van der Waals surface area contributed by atoms with Gasteiger partial charge in [0, 0.05) is 0 Å². The predicted molar refractivity (Wildman–Crippen MR) is 79.1 cm³/mol. The Balaban J connectivity index is 1.88. The number of nitrogens with zero attached hydrogens (tertiary/aromatic N) is 3. The zero-order valence-corrected chi connectivity index (χ0v) is 11.5. The average molecular weight is 277 g/mol. The summed E-state index contributed by atoms with van der Waals surface area (Å²) < 4.78 is 1.72. The largest absolute Gasteiger partial charge is 0.379 e. The number of aromatic nitrogens is 3. The molecule has 0 bridgehead atoms. The SMILES string of the molecule is OC1(c2cnnn2-c2ccccc2)CCc2ccccc21. The lowest BCUT2D eigenvalue weighted by molar-refractivity contribution is 0.0756. The predicted octanol–water partition coefficient (Wildman–Crippen LogP) is 2.45. The van der Waals surface area contributed by atoms with Crippen molar-refractivity contribution in [3.05, 3.63) is 77.6 Å². The molecule has 1 aliphatic rings. The van der Waals surface area contributed by atoms with Crippen LogP contribution >= 0.6 is 0 Å². The zero-order valence-electron chi connectivity index (χ0n) is 11.5. The van der Waals surface area contributed by atoms with Crippen LogP contribution in [0.1, 0.15) is 23.2 Å². The van der Waals surface area contributed by atoms with E-state index in [9.17, 15) is 5.11 Å². The first-order valence-corrected chi connectivity index (χ1v) is 7.06. The van der Waals surface area contributed by atoms with Gasteiger partial charge in [-0.05, 0) is 36.1 Å².